The van der Waals surface area contributed by atoms with Gasteiger partial charge in [0.25, 0.3) is 0 Å². The zero-order chi connectivity index (χ0) is 14.4. The van der Waals surface area contributed by atoms with Crippen molar-refractivity contribution in [3.05, 3.63) is 53.5 Å². The molecule has 0 unspecified atom stereocenters. The maximum Gasteiger partial charge on any atom is 0.301 e. The number of nitrogen functional groups attached to an aromatic ring is 1. The molecule has 2 aromatic rings. The van der Waals surface area contributed by atoms with Crippen molar-refractivity contribution >= 4 is 5.91 Å². The first-order valence-corrected chi connectivity index (χ1v) is 6.02. The van der Waals surface area contributed by atoms with Crippen molar-refractivity contribution in [2.75, 3.05) is 7.11 Å². The fourth-order valence-corrected chi connectivity index (χ4v) is 1.76. The Morgan fingerprint density at radius 3 is 2.95 bits per heavy atom. The number of carbonyl (C=O) groups excluding carboxylic acids is 1. The van der Waals surface area contributed by atoms with Gasteiger partial charge in [-0.3, -0.25) is 10.2 Å². The van der Waals surface area contributed by atoms with Gasteiger partial charge in [-0.25, -0.2) is 5.84 Å². The number of carbonyl (C=O) groups is 1. The van der Waals surface area contributed by atoms with Gasteiger partial charge < -0.3 is 13.9 Å². The van der Waals surface area contributed by atoms with Gasteiger partial charge in [-0.05, 0) is 23.8 Å². The van der Waals surface area contributed by atoms with Crippen molar-refractivity contribution in [2.24, 2.45) is 5.84 Å². The smallest absolute Gasteiger partial charge is 0.301 e. The van der Waals surface area contributed by atoms with E-state index in [9.17, 15) is 4.79 Å². The topological polar surface area (TPSA) is 86.7 Å². The van der Waals surface area contributed by atoms with E-state index in [1.165, 1.54) is 6.26 Å². The molecule has 106 valence electrons. The fraction of sp³-hybridized carbons (Fsp3) is 0.214. The van der Waals surface area contributed by atoms with Gasteiger partial charge in [0.15, 0.2) is 5.76 Å². The molecule has 1 aromatic carbocycles. The number of nitrogens with two attached hydrogens (primary N) is 1. The van der Waals surface area contributed by atoms with Crippen LogP contribution in [0.3, 0.4) is 0 Å². The third kappa shape index (κ3) is 3.37. The quantitative estimate of drug-likeness (QED) is 0.475. The number of hydrogen-bond acceptors (Lipinski definition) is 5. The lowest BCUT2D eigenvalue weighted by atomic mass is 10.2. The molecule has 0 bridgehead atoms. The predicted octanol–water partition coefficient (Wildman–Crippen LogP) is 1.61. The molecule has 0 spiro atoms. The highest BCUT2D eigenvalue weighted by Gasteiger charge is 2.14. The molecule has 0 atom stereocenters. The first-order chi connectivity index (χ1) is 9.74. The zero-order valence-corrected chi connectivity index (χ0v) is 11.1. The van der Waals surface area contributed by atoms with E-state index in [4.69, 9.17) is 19.7 Å². The van der Waals surface area contributed by atoms with Gasteiger partial charge in [-0.15, -0.1) is 0 Å². The second-order valence-electron chi connectivity index (χ2n) is 4.09. The summed E-state index contributed by atoms with van der Waals surface area (Å²) in [5, 5.41) is 0. The summed E-state index contributed by atoms with van der Waals surface area (Å²) in [6.07, 6.45) is 1.43. The minimum absolute atomic E-state index is 0.165. The van der Waals surface area contributed by atoms with Crippen LogP contribution in [-0.4, -0.2) is 13.0 Å². The number of amides is 1. The number of nitrogens with one attached hydrogen (secondary N) is 1. The summed E-state index contributed by atoms with van der Waals surface area (Å²) < 4.78 is 15.8. The van der Waals surface area contributed by atoms with Gasteiger partial charge in [0.1, 0.15) is 5.75 Å². The third-order valence-electron chi connectivity index (χ3n) is 2.74. The highest BCUT2D eigenvalue weighted by atomic mass is 16.5. The van der Waals surface area contributed by atoms with E-state index in [0.29, 0.717) is 12.2 Å². The predicted molar refractivity (Wildman–Crippen MR) is 71.8 cm³/mol. The van der Waals surface area contributed by atoms with Crippen LogP contribution in [-0.2, 0) is 18.0 Å². The van der Waals surface area contributed by atoms with Crippen LogP contribution in [0.4, 0.5) is 0 Å². The van der Waals surface area contributed by atoms with Crippen LogP contribution in [0, 0.1) is 0 Å². The SMILES string of the molecule is COc1cccc(COCc2ccoc2C(=O)NN)c1. The number of benzene rings is 1. The molecule has 1 aromatic heterocycles. The lowest BCUT2D eigenvalue weighted by Crippen LogP contribution is -2.30. The average Bonchev–Trinajstić information content (AvgIpc) is 2.95. The second-order valence-corrected chi connectivity index (χ2v) is 4.09. The maximum atomic E-state index is 11.4. The normalized spacial score (nSPS) is 10.3. The summed E-state index contributed by atoms with van der Waals surface area (Å²) >= 11 is 0. The Balaban J connectivity index is 1.93. The van der Waals surface area contributed by atoms with Crippen LogP contribution in [0.2, 0.25) is 0 Å². The lowest BCUT2D eigenvalue weighted by Gasteiger charge is -2.06. The van der Waals surface area contributed by atoms with E-state index in [0.717, 1.165) is 11.3 Å². The second kappa shape index (κ2) is 6.74. The Kier molecular flexibility index (Phi) is 4.75. The Hall–Kier alpha value is -2.31. The first-order valence-electron chi connectivity index (χ1n) is 6.02. The molecule has 1 amide bonds. The van der Waals surface area contributed by atoms with Crippen molar-refractivity contribution in [3.8, 4) is 5.75 Å². The van der Waals surface area contributed by atoms with Crippen molar-refractivity contribution in [3.63, 3.8) is 0 Å². The highest BCUT2D eigenvalue weighted by molar-refractivity contribution is 5.92. The Labute approximate surface area is 116 Å². The molecule has 2 rings (SSSR count). The van der Waals surface area contributed by atoms with Gasteiger partial charge in [-0.1, -0.05) is 12.1 Å². The van der Waals surface area contributed by atoms with Crippen LogP contribution < -0.4 is 16.0 Å². The molecule has 0 radical (unpaired) electrons. The molecule has 20 heavy (non-hydrogen) atoms. The molecule has 0 aliphatic heterocycles. The Morgan fingerprint density at radius 1 is 1.35 bits per heavy atom. The van der Waals surface area contributed by atoms with Crippen LogP contribution >= 0.6 is 0 Å². The van der Waals surface area contributed by atoms with Crippen LogP contribution in [0.25, 0.3) is 0 Å². The van der Waals surface area contributed by atoms with Gasteiger partial charge in [0.2, 0.25) is 0 Å². The van der Waals surface area contributed by atoms with E-state index < -0.39 is 5.91 Å². The van der Waals surface area contributed by atoms with Crippen LogP contribution in [0.5, 0.6) is 5.75 Å². The first kappa shape index (κ1) is 14.1. The summed E-state index contributed by atoms with van der Waals surface area (Å²) in [5.41, 5.74) is 3.66. The monoisotopic (exact) mass is 276 g/mol. The zero-order valence-electron chi connectivity index (χ0n) is 11.1. The standard InChI is InChI=1S/C14H16N2O4/c1-18-12-4-2-3-10(7-12)8-19-9-11-5-6-20-13(11)14(17)16-15/h2-7H,8-9,15H2,1H3,(H,16,17). The van der Waals surface area contributed by atoms with Gasteiger partial charge in [-0.2, -0.15) is 0 Å². The molecule has 1 heterocycles. The number of furan rings is 1. The van der Waals surface area contributed by atoms with E-state index in [1.807, 2.05) is 29.7 Å². The van der Waals surface area contributed by atoms with Gasteiger partial charge >= 0.3 is 5.91 Å². The minimum Gasteiger partial charge on any atom is -0.497 e. The summed E-state index contributed by atoms with van der Waals surface area (Å²) in [5.74, 6) is 5.53. The van der Waals surface area contributed by atoms with E-state index in [-0.39, 0.29) is 12.4 Å². The summed E-state index contributed by atoms with van der Waals surface area (Å²) in [6, 6.07) is 9.26. The van der Waals surface area contributed by atoms with Crippen LogP contribution in [0.1, 0.15) is 21.7 Å². The number of hydrogen-bond donors (Lipinski definition) is 2. The Morgan fingerprint density at radius 2 is 2.20 bits per heavy atom. The molecule has 0 fully saturated rings. The average molecular weight is 276 g/mol. The third-order valence-corrected chi connectivity index (χ3v) is 2.74. The molecule has 6 nitrogen and oxygen atoms in total. The van der Waals surface area contributed by atoms with Crippen molar-refractivity contribution in [1.82, 2.24) is 5.43 Å². The molecular formula is C14H16N2O4. The van der Waals surface area contributed by atoms with E-state index >= 15 is 0 Å². The van der Waals surface area contributed by atoms with Crippen molar-refractivity contribution < 1.29 is 18.7 Å². The van der Waals surface area contributed by atoms with Gasteiger partial charge in [0.05, 0.1) is 26.6 Å². The molecule has 0 aliphatic rings. The molecule has 3 N–H and O–H groups in total. The summed E-state index contributed by atoms with van der Waals surface area (Å²) in [4.78, 5) is 11.4. The number of ether oxygens (including phenoxy) is 2. The summed E-state index contributed by atoms with van der Waals surface area (Å²) in [7, 11) is 1.61. The summed E-state index contributed by atoms with van der Waals surface area (Å²) in [6.45, 7) is 0.669. The molecular weight excluding hydrogens is 260 g/mol. The maximum absolute atomic E-state index is 11.4. The fourth-order valence-electron chi connectivity index (χ4n) is 1.76. The largest absolute Gasteiger partial charge is 0.497 e. The minimum atomic E-state index is -0.477. The Bertz CT molecular complexity index is 580. The molecule has 6 heteroatoms. The van der Waals surface area contributed by atoms with E-state index in [1.54, 1.807) is 13.2 Å². The highest BCUT2D eigenvalue weighted by Crippen LogP contribution is 2.15. The number of methoxy groups -OCH3 is 1. The lowest BCUT2D eigenvalue weighted by molar-refractivity contribution is 0.0895. The van der Waals surface area contributed by atoms with E-state index in [2.05, 4.69) is 0 Å². The molecule has 0 aliphatic carbocycles. The number of rotatable bonds is 6. The van der Waals surface area contributed by atoms with Crippen molar-refractivity contribution in [2.45, 2.75) is 13.2 Å². The van der Waals surface area contributed by atoms with Gasteiger partial charge in [0, 0.05) is 5.56 Å². The van der Waals surface area contributed by atoms with Crippen molar-refractivity contribution in [1.29, 1.82) is 0 Å². The number of hydrazine groups is 1. The molecule has 0 saturated heterocycles. The van der Waals surface area contributed by atoms with Crippen LogP contribution in [0.15, 0.2) is 41.0 Å². The molecule has 0 saturated carbocycles.